The highest BCUT2D eigenvalue weighted by Gasteiger charge is 2.17. The average Bonchev–Trinajstić information content (AvgIpc) is 3.14. The van der Waals surface area contributed by atoms with Crippen LogP contribution in [0.5, 0.6) is 5.75 Å². The van der Waals surface area contributed by atoms with Crippen LogP contribution >= 0.6 is 0 Å². The summed E-state index contributed by atoms with van der Waals surface area (Å²) >= 11 is 0. The molecular weight excluding hydrogens is 331 g/mol. The van der Waals surface area contributed by atoms with Crippen molar-refractivity contribution >= 4 is 11.6 Å². The molecule has 0 bridgehead atoms. The van der Waals surface area contributed by atoms with Gasteiger partial charge in [0.05, 0.1) is 6.10 Å². The van der Waals surface area contributed by atoms with Crippen LogP contribution in [0.3, 0.4) is 0 Å². The second-order valence-corrected chi connectivity index (χ2v) is 6.76. The van der Waals surface area contributed by atoms with Gasteiger partial charge in [-0.15, -0.1) is 0 Å². The lowest BCUT2D eigenvalue weighted by Gasteiger charge is -2.17. The number of benzene rings is 2. The fraction of sp³-hybridized carbons (Fsp3) is 0.381. The maximum Gasteiger partial charge on any atom is 0.242 e. The zero-order chi connectivity index (χ0) is 18.4. The van der Waals surface area contributed by atoms with Gasteiger partial charge in [0.2, 0.25) is 5.91 Å². The van der Waals surface area contributed by atoms with E-state index in [0.29, 0.717) is 12.6 Å². The van der Waals surface area contributed by atoms with Crippen LogP contribution in [-0.4, -0.2) is 18.1 Å². The van der Waals surface area contributed by atoms with Gasteiger partial charge in [0, 0.05) is 18.3 Å². The molecule has 0 heterocycles. The number of nitrogens with one attached hydrogen (secondary N) is 2. The summed E-state index contributed by atoms with van der Waals surface area (Å²) < 4.78 is 18.9. The highest BCUT2D eigenvalue weighted by Crippen LogP contribution is 2.26. The maximum absolute atomic E-state index is 12.9. The summed E-state index contributed by atoms with van der Waals surface area (Å²) in [6.07, 6.45) is 4.99. The molecule has 1 atom stereocenters. The number of halogens is 1. The Bertz CT molecular complexity index is 727. The van der Waals surface area contributed by atoms with E-state index in [4.69, 9.17) is 4.74 Å². The van der Waals surface area contributed by atoms with E-state index in [-0.39, 0.29) is 11.7 Å². The molecule has 2 aromatic carbocycles. The first kappa shape index (κ1) is 18.2. The predicted octanol–water partition coefficient (Wildman–Crippen LogP) is 4.26. The molecule has 1 fully saturated rings. The Morgan fingerprint density at radius 1 is 1.19 bits per heavy atom. The largest absolute Gasteiger partial charge is 0.490 e. The number of ether oxygens (including phenoxy) is 1. The van der Waals surface area contributed by atoms with E-state index >= 15 is 0 Å². The lowest BCUT2D eigenvalue weighted by Crippen LogP contribution is -2.37. The molecule has 1 aliphatic rings. The summed E-state index contributed by atoms with van der Waals surface area (Å²) in [5, 5.41) is 6.06. The lowest BCUT2D eigenvalue weighted by atomic mass is 10.2. The van der Waals surface area contributed by atoms with Gasteiger partial charge in [0.1, 0.15) is 17.6 Å². The zero-order valence-corrected chi connectivity index (χ0v) is 15.0. The minimum atomic E-state index is -0.392. The summed E-state index contributed by atoms with van der Waals surface area (Å²) in [4.78, 5) is 12.3. The third-order valence-electron chi connectivity index (χ3n) is 4.60. The van der Waals surface area contributed by atoms with Crippen LogP contribution in [0.4, 0.5) is 10.1 Å². The Morgan fingerprint density at radius 2 is 1.92 bits per heavy atom. The third kappa shape index (κ3) is 5.22. The summed E-state index contributed by atoms with van der Waals surface area (Å²) in [6.45, 7) is 2.18. The van der Waals surface area contributed by atoms with E-state index in [2.05, 4.69) is 10.6 Å². The van der Waals surface area contributed by atoms with Gasteiger partial charge in [0.25, 0.3) is 0 Å². The summed E-state index contributed by atoms with van der Waals surface area (Å²) in [5.74, 6) is 0.437. The standard InChI is InChI=1S/C21H25FN2O2/c1-15(21(25)23-14-16-9-11-17(22)12-10-16)24-18-5-4-8-20(13-18)26-19-6-2-3-7-19/h4-5,8-13,15,19,24H,2-3,6-7,14H2,1H3,(H,23,25). The predicted molar refractivity (Wildman–Crippen MR) is 101 cm³/mol. The Balaban J connectivity index is 1.50. The highest BCUT2D eigenvalue weighted by atomic mass is 19.1. The van der Waals surface area contributed by atoms with Crippen LogP contribution in [0.1, 0.15) is 38.2 Å². The van der Waals surface area contributed by atoms with Gasteiger partial charge in [-0.3, -0.25) is 4.79 Å². The number of carbonyl (C=O) groups is 1. The molecule has 1 saturated carbocycles. The number of rotatable bonds is 7. The molecule has 5 heteroatoms. The monoisotopic (exact) mass is 356 g/mol. The minimum Gasteiger partial charge on any atom is -0.490 e. The van der Waals surface area contributed by atoms with Gasteiger partial charge in [-0.1, -0.05) is 18.2 Å². The van der Waals surface area contributed by atoms with Crippen molar-refractivity contribution in [2.45, 2.75) is 51.3 Å². The Morgan fingerprint density at radius 3 is 2.65 bits per heavy atom. The van der Waals surface area contributed by atoms with Crippen molar-refractivity contribution < 1.29 is 13.9 Å². The van der Waals surface area contributed by atoms with Crippen LogP contribution < -0.4 is 15.4 Å². The van der Waals surface area contributed by atoms with Crippen molar-refractivity contribution in [1.29, 1.82) is 0 Å². The normalized spacial score (nSPS) is 15.5. The number of hydrogen-bond donors (Lipinski definition) is 2. The molecule has 1 unspecified atom stereocenters. The first-order chi connectivity index (χ1) is 12.6. The molecule has 1 aliphatic carbocycles. The Hall–Kier alpha value is -2.56. The molecule has 0 aromatic heterocycles. The summed E-state index contributed by atoms with van der Waals surface area (Å²) in [7, 11) is 0. The molecule has 138 valence electrons. The number of anilines is 1. The molecule has 4 nitrogen and oxygen atoms in total. The Labute approximate surface area is 153 Å². The zero-order valence-electron chi connectivity index (χ0n) is 15.0. The third-order valence-corrected chi connectivity index (χ3v) is 4.60. The van der Waals surface area contributed by atoms with Crippen LogP contribution in [-0.2, 0) is 11.3 Å². The fourth-order valence-electron chi connectivity index (χ4n) is 3.12. The number of carbonyl (C=O) groups excluding carboxylic acids is 1. The van der Waals surface area contributed by atoms with Crippen LogP contribution in [0, 0.1) is 5.82 Å². The van der Waals surface area contributed by atoms with Gasteiger partial charge in [-0.2, -0.15) is 0 Å². The van der Waals surface area contributed by atoms with Crippen molar-refractivity contribution in [1.82, 2.24) is 5.32 Å². The lowest BCUT2D eigenvalue weighted by molar-refractivity contribution is -0.121. The molecular formula is C21H25FN2O2. The van der Waals surface area contributed by atoms with Crippen molar-refractivity contribution in [3.8, 4) is 5.75 Å². The van der Waals surface area contributed by atoms with Gasteiger partial charge in [-0.05, 0) is 62.4 Å². The first-order valence-electron chi connectivity index (χ1n) is 9.15. The van der Waals surface area contributed by atoms with E-state index in [0.717, 1.165) is 29.8 Å². The molecule has 0 spiro atoms. The second-order valence-electron chi connectivity index (χ2n) is 6.76. The van der Waals surface area contributed by atoms with Crippen LogP contribution in [0.15, 0.2) is 48.5 Å². The van der Waals surface area contributed by atoms with Crippen molar-refractivity contribution in [2.24, 2.45) is 0 Å². The fourth-order valence-corrected chi connectivity index (χ4v) is 3.12. The quantitative estimate of drug-likeness (QED) is 0.779. The Kier molecular flexibility index (Phi) is 6.10. The van der Waals surface area contributed by atoms with E-state index in [1.807, 2.05) is 31.2 Å². The van der Waals surface area contributed by atoms with Gasteiger partial charge in [0.15, 0.2) is 0 Å². The van der Waals surface area contributed by atoms with Crippen LogP contribution in [0.2, 0.25) is 0 Å². The molecule has 3 rings (SSSR count). The van der Waals surface area contributed by atoms with Crippen molar-refractivity contribution in [3.63, 3.8) is 0 Å². The molecule has 0 aliphatic heterocycles. The topological polar surface area (TPSA) is 50.4 Å². The van der Waals surface area contributed by atoms with E-state index < -0.39 is 6.04 Å². The van der Waals surface area contributed by atoms with Gasteiger partial charge in [-0.25, -0.2) is 4.39 Å². The smallest absolute Gasteiger partial charge is 0.242 e. The van der Waals surface area contributed by atoms with Crippen molar-refractivity contribution in [2.75, 3.05) is 5.32 Å². The average molecular weight is 356 g/mol. The number of amides is 1. The summed E-state index contributed by atoms with van der Waals surface area (Å²) in [6, 6.07) is 13.4. The molecule has 26 heavy (non-hydrogen) atoms. The van der Waals surface area contributed by atoms with Gasteiger partial charge >= 0.3 is 0 Å². The van der Waals surface area contributed by atoms with Gasteiger partial charge < -0.3 is 15.4 Å². The molecule has 2 N–H and O–H groups in total. The first-order valence-corrected chi connectivity index (χ1v) is 9.15. The van der Waals surface area contributed by atoms with Crippen molar-refractivity contribution in [3.05, 3.63) is 59.9 Å². The second kappa shape index (κ2) is 8.70. The maximum atomic E-state index is 12.9. The SMILES string of the molecule is CC(Nc1cccc(OC2CCCC2)c1)C(=O)NCc1ccc(F)cc1. The highest BCUT2D eigenvalue weighted by molar-refractivity contribution is 5.84. The summed E-state index contributed by atoms with van der Waals surface area (Å²) in [5.41, 5.74) is 1.71. The van der Waals surface area contributed by atoms with E-state index in [9.17, 15) is 9.18 Å². The van der Waals surface area contributed by atoms with E-state index in [1.165, 1.54) is 25.0 Å². The minimum absolute atomic E-state index is 0.114. The van der Waals surface area contributed by atoms with Crippen LogP contribution in [0.25, 0.3) is 0 Å². The number of hydrogen-bond acceptors (Lipinski definition) is 3. The molecule has 0 saturated heterocycles. The molecule has 1 amide bonds. The van der Waals surface area contributed by atoms with E-state index in [1.54, 1.807) is 12.1 Å². The molecule has 2 aromatic rings. The molecule has 0 radical (unpaired) electrons.